The highest BCUT2D eigenvalue weighted by Crippen LogP contribution is 2.44. The number of aliphatic hydroxyl groups is 1. The highest BCUT2D eigenvalue weighted by atomic mass is 35.5. The Morgan fingerprint density at radius 2 is 1.83 bits per heavy atom. The van der Waals surface area contributed by atoms with Crippen LogP contribution in [0.3, 0.4) is 0 Å². The molecule has 184 valence electrons. The van der Waals surface area contributed by atoms with Crippen LogP contribution < -0.4 is 14.4 Å². The maximum absolute atomic E-state index is 13.4. The van der Waals surface area contributed by atoms with E-state index in [2.05, 4.69) is 9.97 Å². The van der Waals surface area contributed by atoms with Crippen molar-refractivity contribution in [1.82, 2.24) is 9.97 Å². The Hall–Kier alpha value is -4.24. The predicted molar refractivity (Wildman–Crippen MR) is 134 cm³/mol. The van der Waals surface area contributed by atoms with Gasteiger partial charge in [-0.1, -0.05) is 17.7 Å². The number of halogens is 1. The molecule has 5 rings (SSSR count). The number of ether oxygens (including phenoxy) is 2. The normalized spacial score (nSPS) is 17.2. The molecule has 0 radical (unpaired) electrons. The van der Waals surface area contributed by atoms with Crippen molar-refractivity contribution in [2.24, 2.45) is 0 Å². The average molecular weight is 508 g/mol. The van der Waals surface area contributed by atoms with Crippen LogP contribution >= 0.6 is 11.6 Å². The van der Waals surface area contributed by atoms with Crippen LogP contribution in [-0.2, 0) is 9.59 Å². The van der Waals surface area contributed by atoms with Crippen LogP contribution in [0.15, 0.2) is 52.5 Å². The minimum absolute atomic E-state index is 0.130. The number of hydrogen-bond acceptors (Lipinski definition) is 7. The lowest BCUT2D eigenvalue weighted by atomic mass is 9.98. The van der Waals surface area contributed by atoms with Crippen LogP contribution in [0.2, 0.25) is 5.02 Å². The van der Waals surface area contributed by atoms with Gasteiger partial charge in [0.15, 0.2) is 0 Å². The maximum Gasteiger partial charge on any atom is 0.302 e. The van der Waals surface area contributed by atoms with E-state index in [4.69, 9.17) is 25.5 Å². The molecule has 0 aliphatic carbocycles. The van der Waals surface area contributed by atoms with Gasteiger partial charge in [0, 0.05) is 6.07 Å². The number of ketones is 1. The minimum atomic E-state index is -1.09. The number of imidazole rings is 1. The zero-order valence-electron chi connectivity index (χ0n) is 19.9. The van der Waals surface area contributed by atoms with Crippen molar-refractivity contribution in [1.29, 1.82) is 0 Å². The molecule has 1 fully saturated rings. The summed E-state index contributed by atoms with van der Waals surface area (Å²) in [4.78, 5) is 35.6. The molecule has 0 spiro atoms. The lowest BCUT2D eigenvalue weighted by Gasteiger charge is -2.21. The van der Waals surface area contributed by atoms with E-state index in [0.29, 0.717) is 16.8 Å². The summed E-state index contributed by atoms with van der Waals surface area (Å²) in [5, 5.41) is 11.7. The van der Waals surface area contributed by atoms with E-state index in [1.165, 1.54) is 31.3 Å². The van der Waals surface area contributed by atoms with Gasteiger partial charge in [0.05, 0.1) is 41.4 Å². The molecule has 2 aromatic heterocycles. The summed E-state index contributed by atoms with van der Waals surface area (Å²) < 4.78 is 16.5. The largest absolute Gasteiger partial charge is 0.507 e. The van der Waals surface area contributed by atoms with Gasteiger partial charge in [0.25, 0.3) is 5.78 Å². The number of nitrogens with one attached hydrogen (secondary N) is 1. The molecule has 0 saturated carbocycles. The maximum atomic E-state index is 13.4. The highest BCUT2D eigenvalue weighted by molar-refractivity contribution is 6.51. The highest BCUT2D eigenvalue weighted by Gasteiger charge is 2.50. The monoisotopic (exact) mass is 507 g/mol. The van der Waals surface area contributed by atoms with Crippen LogP contribution in [0.4, 0.5) is 5.95 Å². The fourth-order valence-electron chi connectivity index (χ4n) is 4.34. The van der Waals surface area contributed by atoms with Gasteiger partial charge in [-0.25, -0.2) is 4.98 Å². The molecule has 36 heavy (non-hydrogen) atoms. The number of nitrogens with zero attached hydrogens (tertiary/aromatic N) is 2. The van der Waals surface area contributed by atoms with Gasteiger partial charge in [-0.15, -0.1) is 0 Å². The number of rotatable bonds is 5. The van der Waals surface area contributed by atoms with Crippen LogP contribution in [0.1, 0.15) is 28.7 Å². The number of methoxy groups -OCH3 is 2. The SMILES string of the molecule is COc1cc(/C(O)=C2\C(=O)C(=O)N(c3nc4ccc(C)cc4[nH]3)C2c2ccc(C)o2)c(OC)cc1Cl. The molecule has 9 nitrogen and oxygen atoms in total. The molecule has 2 aromatic carbocycles. The molecule has 4 aromatic rings. The average Bonchev–Trinajstić information content (AvgIpc) is 3.54. The molecule has 10 heteroatoms. The third kappa shape index (κ3) is 3.68. The second kappa shape index (κ2) is 8.76. The van der Waals surface area contributed by atoms with Gasteiger partial charge >= 0.3 is 5.91 Å². The number of hydrogen-bond donors (Lipinski definition) is 2. The van der Waals surface area contributed by atoms with Crippen molar-refractivity contribution >= 4 is 46.0 Å². The van der Waals surface area contributed by atoms with Gasteiger partial charge in [0.2, 0.25) is 5.95 Å². The van der Waals surface area contributed by atoms with E-state index in [1.807, 2.05) is 25.1 Å². The second-order valence-electron chi connectivity index (χ2n) is 8.39. The summed E-state index contributed by atoms with van der Waals surface area (Å²) in [6.45, 7) is 3.68. The van der Waals surface area contributed by atoms with E-state index in [0.717, 1.165) is 5.56 Å². The van der Waals surface area contributed by atoms with Crippen molar-refractivity contribution in [3.05, 3.63) is 75.7 Å². The van der Waals surface area contributed by atoms with Gasteiger partial charge in [-0.2, -0.15) is 0 Å². The number of furan rings is 1. The van der Waals surface area contributed by atoms with Crippen molar-refractivity contribution in [3.8, 4) is 11.5 Å². The van der Waals surface area contributed by atoms with Gasteiger partial charge in [0.1, 0.15) is 34.8 Å². The number of aryl methyl sites for hydroxylation is 2. The van der Waals surface area contributed by atoms with E-state index < -0.39 is 23.5 Å². The number of amides is 1. The number of benzene rings is 2. The third-order valence-electron chi connectivity index (χ3n) is 6.06. The molecule has 1 saturated heterocycles. The Kier molecular flexibility index (Phi) is 5.72. The molecule has 1 aliphatic rings. The number of anilines is 1. The van der Waals surface area contributed by atoms with Crippen molar-refractivity contribution in [2.45, 2.75) is 19.9 Å². The summed E-state index contributed by atoms with van der Waals surface area (Å²) in [5.74, 6) is -0.786. The lowest BCUT2D eigenvalue weighted by molar-refractivity contribution is -0.132. The summed E-state index contributed by atoms with van der Waals surface area (Å²) in [5.41, 5.74) is 2.27. The smallest absolute Gasteiger partial charge is 0.302 e. The number of H-pyrrole nitrogens is 1. The quantitative estimate of drug-likeness (QED) is 0.220. The Morgan fingerprint density at radius 3 is 2.50 bits per heavy atom. The second-order valence-corrected chi connectivity index (χ2v) is 8.79. The van der Waals surface area contributed by atoms with Crippen molar-refractivity contribution in [2.75, 3.05) is 19.1 Å². The Morgan fingerprint density at radius 1 is 1.08 bits per heavy atom. The van der Waals surface area contributed by atoms with Gasteiger partial charge < -0.3 is 24.0 Å². The summed E-state index contributed by atoms with van der Waals surface area (Å²) >= 11 is 6.22. The van der Waals surface area contributed by atoms with Crippen molar-refractivity contribution in [3.63, 3.8) is 0 Å². The number of aromatic nitrogens is 2. The molecule has 1 aliphatic heterocycles. The zero-order valence-corrected chi connectivity index (χ0v) is 20.6. The topological polar surface area (TPSA) is 118 Å². The standard InChI is InChI=1S/C26H22ClN3O6/c1-12-5-7-16-17(9-12)29-26(28-16)30-22(18-8-6-13(2)36-18)21(24(32)25(30)33)23(31)14-10-20(35-4)15(27)11-19(14)34-3/h5-11,22,31H,1-4H3,(H,28,29)/b23-21+. The number of carbonyl (C=O) groups excluding carboxylic acids is 2. The van der Waals surface area contributed by atoms with E-state index in [9.17, 15) is 14.7 Å². The number of aromatic amines is 1. The van der Waals surface area contributed by atoms with Crippen LogP contribution in [0.25, 0.3) is 16.8 Å². The predicted octanol–water partition coefficient (Wildman–Crippen LogP) is 5.07. The Labute approximate surface area is 210 Å². The fourth-order valence-corrected chi connectivity index (χ4v) is 4.57. The van der Waals surface area contributed by atoms with Gasteiger partial charge in [-0.05, 0) is 49.7 Å². The lowest BCUT2D eigenvalue weighted by Crippen LogP contribution is -2.30. The van der Waals surface area contributed by atoms with E-state index in [-0.39, 0.29) is 39.4 Å². The van der Waals surface area contributed by atoms with E-state index >= 15 is 0 Å². The number of aliphatic hydroxyl groups excluding tert-OH is 1. The van der Waals surface area contributed by atoms with Crippen molar-refractivity contribution < 1.29 is 28.6 Å². The molecule has 1 amide bonds. The van der Waals surface area contributed by atoms with E-state index in [1.54, 1.807) is 19.1 Å². The number of fused-ring (bicyclic) bond motifs is 1. The molecular weight excluding hydrogens is 486 g/mol. The van der Waals surface area contributed by atoms with Gasteiger partial charge in [-0.3, -0.25) is 14.5 Å². The zero-order chi connectivity index (χ0) is 25.7. The molecule has 1 atom stereocenters. The molecule has 0 bridgehead atoms. The first kappa shape index (κ1) is 23.5. The molecule has 1 unspecified atom stereocenters. The summed E-state index contributed by atoms with van der Waals surface area (Å²) in [6, 6.07) is 10.8. The van der Waals surface area contributed by atoms with Crippen LogP contribution in [0.5, 0.6) is 11.5 Å². The van der Waals surface area contributed by atoms with Crippen LogP contribution in [0, 0.1) is 13.8 Å². The number of Topliss-reactive ketones (excluding diaryl/α,β-unsaturated/α-hetero) is 1. The summed E-state index contributed by atoms with van der Waals surface area (Å²) in [6.07, 6.45) is 0. The Bertz CT molecular complexity index is 1570. The first-order valence-electron chi connectivity index (χ1n) is 11.0. The first-order chi connectivity index (χ1) is 17.2. The third-order valence-corrected chi connectivity index (χ3v) is 6.35. The molecular formula is C26H22ClN3O6. The minimum Gasteiger partial charge on any atom is -0.507 e. The first-order valence-corrected chi connectivity index (χ1v) is 11.4. The Balaban J connectivity index is 1.75. The number of carbonyl (C=O) groups is 2. The van der Waals surface area contributed by atoms with Crippen LogP contribution in [-0.4, -0.2) is 41.0 Å². The fraction of sp³-hybridized carbons (Fsp3) is 0.192. The molecule has 2 N–H and O–H groups in total. The molecule has 3 heterocycles. The summed E-state index contributed by atoms with van der Waals surface area (Å²) in [7, 11) is 2.82.